The average molecular weight is 357 g/mol. The lowest BCUT2D eigenvalue weighted by Gasteiger charge is -2.15. The van der Waals surface area contributed by atoms with Crippen LogP contribution >= 0.6 is 11.8 Å². The molecule has 1 spiro atoms. The van der Waals surface area contributed by atoms with E-state index in [-0.39, 0.29) is 24.0 Å². The smallest absolute Gasteiger partial charge is 0.351 e. The highest BCUT2D eigenvalue weighted by Crippen LogP contribution is 2.67. The molecular formula is C18H19N3O3S. The molecule has 1 aromatic rings. The van der Waals surface area contributed by atoms with Gasteiger partial charge < -0.3 is 14.2 Å². The van der Waals surface area contributed by atoms with Crippen LogP contribution in [0.15, 0.2) is 41.6 Å². The lowest BCUT2D eigenvalue weighted by atomic mass is 10.2. The Morgan fingerprint density at radius 3 is 2.96 bits per heavy atom. The summed E-state index contributed by atoms with van der Waals surface area (Å²) in [5, 5.41) is 9.85. The second kappa shape index (κ2) is 6.45. The summed E-state index contributed by atoms with van der Waals surface area (Å²) in [5.74, 6) is -0.671. The SMILES string of the molecule is C=CCOC(=O)/C(C#N)=C1\SC2(CC2c2cccn2C)C(=O)N1CC. The Morgan fingerprint density at radius 2 is 2.40 bits per heavy atom. The van der Waals surface area contributed by atoms with Crippen LogP contribution in [0.4, 0.5) is 0 Å². The number of carbonyl (C=O) groups is 2. The Morgan fingerprint density at radius 1 is 1.64 bits per heavy atom. The Labute approximate surface area is 150 Å². The molecule has 1 aliphatic heterocycles. The summed E-state index contributed by atoms with van der Waals surface area (Å²) < 4.78 is 6.39. The fourth-order valence-corrected chi connectivity index (χ4v) is 4.83. The van der Waals surface area contributed by atoms with Gasteiger partial charge in [-0.3, -0.25) is 4.79 Å². The largest absolute Gasteiger partial charge is 0.457 e. The zero-order valence-electron chi connectivity index (χ0n) is 14.2. The molecule has 0 aromatic carbocycles. The maximum atomic E-state index is 13.0. The topological polar surface area (TPSA) is 75.3 Å². The van der Waals surface area contributed by atoms with Gasteiger partial charge >= 0.3 is 5.97 Å². The first-order valence-corrected chi connectivity index (χ1v) is 8.86. The van der Waals surface area contributed by atoms with E-state index in [1.165, 1.54) is 22.7 Å². The number of hydrogen-bond donors (Lipinski definition) is 0. The van der Waals surface area contributed by atoms with Crippen LogP contribution in [0.1, 0.15) is 25.0 Å². The molecule has 7 heteroatoms. The Hall–Kier alpha value is -2.46. The van der Waals surface area contributed by atoms with Gasteiger partial charge in [-0.2, -0.15) is 5.26 Å². The van der Waals surface area contributed by atoms with Gasteiger partial charge in [0.1, 0.15) is 22.5 Å². The fourth-order valence-electron chi connectivity index (χ4n) is 3.23. The highest BCUT2D eigenvalue weighted by atomic mass is 32.2. The van der Waals surface area contributed by atoms with E-state index in [1.807, 2.05) is 42.9 Å². The molecule has 2 fully saturated rings. The second-order valence-corrected chi connectivity index (χ2v) is 7.34. The molecule has 6 nitrogen and oxygen atoms in total. The monoisotopic (exact) mass is 357 g/mol. The summed E-state index contributed by atoms with van der Waals surface area (Å²) >= 11 is 1.32. The van der Waals surface area contributed by atoms with Crippen molar-refractivity contribution < 1.29 is 14.3 Å². The minimum absolute atomic E-state index is 0.0269. The average Bonchev–Trinajstić information content (AvgIpc) is 3.04. The van der Waals surface area contributed by atoms with Crippen molar-refractivity contribution in [2.24, 2.45) is 7.05 Å². The van der Waals surface area contributed by atoms with Gasteiger partial charge in [-0.25, -0.2) is 4.79 Å². The zero-order valence-corrected chi connectivity index (χ0v) is 15.0. The number of aromatic nitrogens is 1. The van der Waals surface area contributed by atoms with Crippen LogP contribution in [0.5, 0.6) is 0 Å². The molecule has 1 saturated carbocycles. The first-order valence-electron chi connectivity index (χ1n) is 8.04. The third-order valence-corrected chi connectivity index (χ3v) is 6.17. The van der Waals surface area contributed by atoms with E-state index >= 15 is 0 Å². The maximum Gasteiger partial charge on any atom is 0.351 e. The van der Waals surface area contributed by atoms with Crippen molar-refractivity contribution in [1.29, 1.82) is 5.26 Å². The zero-order chi connectivity index (χ0) is 18.2. The lowest BCUT2D eigenvalue weighted by Crippen LogP contribution is -2.31. The van der Waals surface area contributed by atoms with Gasteiger partial charge in [0.15, 0.2) is 5.57 Å². The van der Waals surface area contributed by atoms with Gasteiger partial charge in [-0.05, 0) is 25.5 Å². The highest BCUT2D eigenvalue weighted by molar-refractivity contribution is 8.06. The molecule has 1 amide bonds. The number of hydrogen-bond acceptors (Lipinski definition) is 5. The van der Waals surface area contributed by atoms with E-state index in [1.54, 1.807) is 0 Å². The van der Waals surface area contributed by atoms with Crippen LogP contribution in [-0.2, 0) is 21.4 Å². The summed E-state index contributed by atoms with van der Waals surface area (Å²) in [6, 6.07) is 5.88. The number of carbonyl (C=O) groups excluding carboxylic acids is 2. The summed E-state index contributed by atoms with van der Waals surface area (Å²) in [6.45, 7) is 5.76. The van der Waals surface area contributed by atoms with Crippen molar-refractivity contribution in [3.63, 3.8) is 0 Å². The molecule has 1 aromatic heterocycles. The van der Waals surface area contributed by atoms with Crippen molar-refractivity contribution in [3.8, 4) is 6.07 Å². The molecule has 1 aliphatic carbocycles. The summed E-state index contributed by atoms with van der Waals surface area (Å²) in [5.41, 5.74) is 0.974. The van der Waals surface area contributed by atoms with Crippen molar-refractivity contribution >= 4 is 23.6 Å². The lowest BCUT2D eigenvalue weighted by molar-refractivity contribution is -0.137. The van der Waals surface area contributed by atoms with Crippen LogP contribution in [0.2, 0.25) is 0 Å². The normalized spacial score (nSPS) is 26.5. The number of nitrogens with zero attached hydrogens (tertiary/aromatic N) is 3. The van der Waals surface area contributed by atoms with E-state index in [0.717, 1.165) is 5.69 Å². The van der Waals surface area contributed by atoms with Crippen LogP contribution in [-0.4, -0.2) is 39.2 Å². The van der Waals surface area contributed by atoms with Crippen molar-refractivity contribution in [3.05, 3.63) is 47.3 Å². The van der Waals surface area contributed by atoms with E-state index in [4.69, 9.17) is 4.74 Å². The molecule has 2 atom stereocenters. The number of rotatable bonds is 5. The van der Waals surface area contributed by atoms with Crippen molar-refractivity contribution in [2.75, 3.05) is 13.2 Å². The molecule has 0 N–H and O–H groups in total. The van der Waals surface area contributed by atoms with Crippen LogP contribution in [0.25, 0.3) is 0 Å². The molecule has 3 rings (SSSR count). The van der Waals surface area contributed by atoms with Gasteiger partial charge in [-0.1, -0.05) is 24.4 Å². The quantitative estimate of drug-likeness (QED) is 0.350. The van der Waals surface area contributed by atoms with Gasteiger partial charge in [0, 0.05) is 31.4 Å². The van der Waals surface area contributed by atoms with Gasteiger partial charge in [0.25, 0.3) is 0 Å². The highest BCUT2D eigenvalue weighted by Gasteiger charge is 2.68. The van der Waals surface area contributed by atoms with Gasteiger partial charge in [0.2, 0.25) is 5.91 Å². The number of nitriles is 1. The number of ether oxygens (including phenoxy) is 1. The maximum absolute atomic E-state index is 13.0. The van der Waals surface area contributed by atoms with E-state index in [9.17, 15) is 14.9 Å². The first kappa shape index (κ1) is 17.4. The third-order valence-electron chi connectivity index (χ3n) is 4.56. The Balaban J connectivity index is 1.95. The summed E-state index contributed by atoms with van der Waals surface area (Å²) in [7, 11) is 1.95. The van der Waals surface area contributed by atoms with E-state index in [2.05, 4.69) is 6.58 Å². The molecule has 0 radical (unpaired) electrons. The van der Waals surface area contributed by atoms with Crippen molar-refractivity contribution in [2.45, 2.75) is 24.0 Å². The van der Waals surface area contributed by atoms with E-state index < -0.39 is 10.7 Å². The third kappa shape index (κ3) is 2.67. The standard InChI is InChI=1S/C18H19N3O3S/c1-4-9-24-16(22)12(11-19)15-21(5-2)17(23)18(25-15)10-13(18)14-7-6-8-20(14)3/h4,6-8,13H,1,5,9-10H2,2-3H3/b15-12-. The van der Waals surface area contributed by atoms with Crippen molar-refractivity contribution in [1.82, 2.24) is 9.47 Å². The molecule has 2 aliphatic rings. The minimum atomic E-state index is -0.718. The summed E-state index contributed by atoms with van der Waals surface area (Å²) in [6.07, 6.45) is 4.10. The van der Waals surface area contributed by atoms with Gasteiger partial charge in [-0.15, -0.1) is 0 Å². The number of esters is 1. The molecule has 25 heavy (non-hydrogen) atoms. The number of thioether (sulfide) groups is 1. The van der Waals surface area contributed by atoms with E-state index in [0.29, 0.717) is 18.0 Å². The fraction of sp³-hybridized carbons (Fsp3) is 0.389. The minimum Gasteiger partial charge on any atom is -0.457 e. The second-order valence-electron chi connectivity index (χ2n) is 6.02. The predicted octanol–water partition coefficient (Wildman–Crippen LogP) is 2.31. The van der Waals surface area contributed by atoms with Crippen LogP contribution in [0, 0.1) is 11.3 Å². The molecule has 2 heterocycles. The molecule has 0 bridgehead atoms. The number of aryl methyl sites for hydroxylation is 1. The van der Waals surface area contributed by atoms with Gasteiger partial charge in [0.05, 0.1) is 0 Å². The Bertz CT molecular complexity index is 820. The first-order chi connectivity index (χ1) is 12.0. The molecule has 2 unspecified atom stereocenters. The number of amides is 1. The molecule has 130 valence electrons. The van der Waals surface area contributed by atoms with Crippen LogP contribution < -0.4 is 0 Å². The summed E-state index contributed by atoms with van der Waals surface area (Å²) in [4.78, 5) is 26.7. The predicted molar refractivity (Wildman–Crippen MR) is 94.3 cm³/mol. The van der Waals surface area contributed by atoms with Crippen LogP contribution in [0.3, 0.4) is 0 Å². The molecule has 1 saturated heterocycles. The Kier molecular flexibility index (Phi) is 4.48. The molecular weight excluding hydrogens is 338 g/mol.